The van der Waals surface area contributed by atoms with E-state index in [9.17, 15) is 18.8 Å². The van der Waals surface area contributed by atoms with E-state index in [1.54, 1.807) is 6.07 Å². The first-order valence-corrected chi connectivity index (χ1v) is 10.3. The van der Waals surface area contributed by atoms with Crippen LogP contribution in [0.25, 0.3) is 0 Å². The largest absolute Gasteiger partial charge is 0.339 e. The number of likely N-dealkylation sites (N-methyl/N-ethyl adjacent to an activating group) is 1. The number of fused-ring (bicyclic) bond motifs is 2. The van der Waals surface area contributed by atoms with Crippen molar-refractivity contribution >= 4 is 17.7 Å². The molecule has 0 N–H and O–H groups in total. The maximum Gasteiger partial charge on any atom is 0.240 e. The van der Waals surface area contributed by atoms with Crippen LogP contribution in [-0.4, -0.2) is 47.2 Å². The van der Waals surface area contributed by atoms with Crippen molar-refractivity contribution in [3.8, 4) is 0 Å². The molecule has 2 heterocycles. The van der Waals surface area contributed by atoms with E-state index in [1.165, 1.54) is 25.2 Å². The van der Waals surface area contributed by atoms with Crippen molar-refractivity contribution in [2.24, 2.45) is 10.8 Å². The fraction of sp³-hybridized carbons (Fsp3) is 0.609. The summed E-state index contributed by atoms with van der Waals surface area (Å²) < 4.78 is 14.0. The third-order valence-electron chi connectivity index (χ3n) is 7.11. The summed E-state index contributed by atoms with van der Waals surface area (Å²) >= 11 is 0. The lowest BCUT2D eigenvalue weighted by Crippen LogP contribution is -2.44. The normalized spacial score (nSPS) is 33.5. The van der Waals surface area contributed by atoms with E-state index in [0.717, 1.165) is 24.2 Å². The van der Waals surface area contributed by atoms with Crippen LogP contribution >= 0.6 is 0 Å². The van der Waals surface area contributed by atoms with Gasteiger partial charge in [-0.15, -0.1) is 0 Å². The van der Waals surface area contributed by atoms with Gasteiger partial charge in [0.2, 0.25) is 17.7 Å². The van der Waals surface area contributed by atoms with E-state index in [4.69, 9.17) is 0 Å². The van der Waals surface area contributed by atoms with Crippen LogP contribution in [0.4, 0.5) is 4.39 Å². The molecule has 3 amide bonds. The highest BCUT2D eigenvalue weighted by Gasteiger charge is 2.56. The second-order valence-electron chi connectivity index (χ2n) is 10.4. The molecule has 1 aliphatic carbocycles. The molecular weight excluding hydrogens is 371 g/mol. The molecule has 4 rings (SSSR count). The summed E-state index contributed by atoms with van der Waals surface area (Å²) in [6, 6.07) is 5.92. The molecule has 2 bridgehead atoms. The molecule has 0 radical (unpaired) electrons. The molecule has 0 spiro atoms. The molecular formula is C23H29FN2O3. The minimum Gasteiger partial charge on any atom is -0.339 e. The van der Waals surface area contributed by atoms with E-state index in [-0.39, 0.29) is 41.5 Å². The second-order valence-corrected chi connectivity index (χ2v) is 10.4. The number of rotatable bonds is 3. The number of halogens is 1. The Morgan fingerprint density at radius 1 is 1.21 bits per heavy atom. The van der Waals surface area contributed by atoms with Gasteiger partial charge in [-0.3, -0.25) is 19.3 Å². The fourth-order valence-corrected chi connectivity index (χ4v) is 6.25. The van der Waals surface area contributed by atoms with E-state index in [0.29, 0.717) is 12.1 Å². The van der Waals surface area contributed by atoms with Gasteiger partial charge in [0.15, 0.2) is 0 Å². The van der Waals surface area contributed by atoms with Gasteiger partial charge in [-0.25, -0.2) is 4.39 Å². The van der Waals surface area contributed by atoms with Crippen molar-refractivity contribution in [1.82, 2.24) is 9.80 Å². The molecule has 1 saturated carbocycles. The van der Waals surface area contributed by atoms with Gasteiger partial charge < -0.3 is 4.90 Å². The van der Waals surface area contributed by atoms with Crippen LogP contribution in [0.15, 0.2) is 24.3 Å². The molecule has 1 aromatic rings. The molecule has 2 aliphatic heterocycles. The predicted molar refractivity (Wildman–Crippen MR) is 106 cm³/mol. The topological polar surface area (TPSA) is 57.7 Å². The van der Waals surface area contributed by atoms with Gasteiger partial charge in [0.1, 0.15) is 5.82 Å². The number of carbonyl (C=O) groups is 3. The van der Waals surface area contributed by atoms with E-state index < -0.39 is 17.1 Å². The Balaban J connectivity index is 1.67. The third-order valence-corrected chi connectivity index (χ3v) is 7.11. The Kier molecular flexibility index (Phi) is 4.41. The average molecular weight is 400 g/mol. The van der Waals surface area contributed by atoms with E-state index >= 15 is 0 Å². The highest BCUT2D eigenvalue weighted by Crippen LogP contribution is 2.53. The number of amides is 3. The monoisotopic (exact) mass is 400 g/mol. The quantitative estimate of drug-likeness (QED) is 0.732. The molecule has 156 valence electrons. The SMILES string of the molecule is CN1C(=O)C[C@@](CC(=O)N2C[C@@]3(C)C[C@@H]2CC(C)(C)C3)(c2cccc(F)c2)C1=O. The maximum absolute atomic E-state index is 14.0. The van der Waals surface area contributed by atoms with Crippen molar-refractivity contribution in [2.45, 2.75) is 64.3 Å². The third kappa shape index (κ3) is 3.26. The Hall–Kier alpha value is -2.24. The minimum absolute atomic E-state index is 0.0837. The lowest BCUT2D eigenvalue weighted by Gasteiger charge is -2.39. The summed E-state index contributed by atoms with van der Waals surface area (Å²) in [6.45, 7) is 7.40. The highest BCUT2D eigenvalue weighted by atomic mass is 19.1. The van der Waals surface area contributed by atoms with Crippen LogP contribution in [0, 0.1) is 16.6 Å². The number of benzene rings is 1. The first-order chi connectivity index (χ1) is 13.4. The predicted octanol–water partition coefficient (Wildman–Crippen LogP) is 3.27. The van der Waals surface area contributed by atoms with Gasteiger partial charge in [0, 0.05) is 32.5 Å². The molecule has 1 aromatic carbocycles. The van der Waals surface area contributed by atoms with Crippen molar-refractivity contribution < 1.29 is 18.8 Å². The molecule has 0 aromatic heterocycles. The summed E-state index contributed by atoms with van der Waals surface area (Å²) in [4.78, 5) is 41.9. The van der Waals surface area contributed by atoms with Crippen LogP contribution in [0.3, 0.4) is 0 Å². The van der Waals surface area contributed by atoms with E-state index in [1.807, 2.05) is 4.90 Å². The number of hydrogen-bond donors (Lipinski definition) is 0. The number of hydrogen-bond acceptors (Lipinski definition) is 3. The van der Waals surface area contributed by atoms with Crippen LogP contribution in [0.1, 0.15) is 58.4 Å². The zero-order chi connectivity index (χ0) is 21.2. The number of carbonyl (C=O) groups excluding carboxylic acids is 3. The standard InChI is InChI=1S/C23H29FN2O3/c1-21(2)9-17-10-22(3,13-21)14-26(17)19(28)12-23(11-18(27)25(4)20(23)29)15-6-5-7-16(24)8-15/h5-8,17H,9-14H2,1-4H3/t17-,22-,23+/m0/s1. The Morgan fingerprint density at radius 3 is 2.55 bits per heavy atom. The number of nitrogens with zero attached hydrogens (tertiary/aromatic N) is 2. The molecule has 0 unspecified atom stereocenters. The Bertz CT molecular complexity index is 898. The van der Waals surface area contributed by atoms with Gasteiger partial charge in [-0.2, -0.15) is 0 Å². The van der Waals surface area contributed by atoms with E-state index in [2.05, 4.69) is 20.8 Å². The van der Waals surface area contributed by atoms with Crippen molar-refractivity contribution in [2.75, 3.05) is 13.6 Å². The molecule has 29 heavy (non-hydrogen) atoms. The molecule has 2 saturated heterocycles. The van der Waals surface area contributed by atoms with Gasteiger partial charge in [0.05, 0.1) is 5.41 Å². The number of likely N-dealkylation sites (tertiary alicyclic amines) is 2. The summed E-state index contributed by atoms with van der Waals surface area (Å²) in [7, 11) is 1.43. The molecule has 3 fully saturated rings. The average Bonchev–Trinajstić information content (AvgIpc) is 2.99. The first-order valence-electron chi connectivity index (χ1n) is 10.3. The number of imide groups is 1. The van der Waals surface area contributed by atoms with Crippen molar-refractivity contribution in [3.05, 3.63) is 35.6 Å². The van der Waals surface area contributed by atoms with Crippen LogP contribution in [-0.2, 0) is 19.8 Å². The lowest BCUT2D eigenvalue weighted by atomic mass is 9.65. The Labute approximate surface area is 171 Å². The van der Waals surface area contributed by atoms with Gasteiger partial charge >= 0.3 is 0 Å². The highest BCUT2D eigenvalue weighted by molar-refractivity contribution is 6.10. The van der Waals surface area contributed by atoms with Gasteiger partial charge in [-0.05, 0) is 47.8 Å². The molecule has 6 heteroatoms. The summed E-state index contributed by atoms with van der Waals surface area (Å²) in [5.41, 5.74) is -0.660. The zero-order valence-electron chi connectivity index (χ0n) is 17.6. The minimum atomic E-state index is -1.32. The van der Waals surface area contributed by atoms with Crippen molar-refractivity contribution in [1.29, 1.82) is 0 Å². The fourth-order valence-electron chi connectivity index (χ4n) is 6.25. The molecule has 3 aliphatic rings. The molecule has 3 atom stereocenters. The smallest absolute Gasteiger partial charge is 0.240 e. The van der Waals surface area contributed by atoms with Crippen molar-refractivity contribution in [3.63, 3.8) is 0 Å². The lowest BCUT2D eigenvalue weighted by molar-refractivity contribution is -0.141. The van der Waals surface area contributed by atoms with Gasteiger partial charge in [-0.1, -0.05) is 32.9 Å². The second kappa shape index (κ2) is 6.38. The summed E-state index contributed by atoms with van der Waals surface area (Å²) in [5.74, 6) is -1.34. The first kappa shape index (κ1) is 20.0. The van der Waals surface area contributed by atoms with Crippen LogP contribution in [0.2, 0.25) is 0 Å². The maximum atomic E-state index is 14.0. The summed E-state index contributed by atoms with van der Waals surface area (Å²) in [5, 5.41) is 0. The van der Waals surface area contributed by atoms with Crippen LogP contribution < -0.4 is 0 Å². The van der Waals surface area contributed by atoms with Crippen LogP contribution in [0.5, 0.6) is 0 Å². The summed E-state index contributed by atoms with van der Waals surface area (Å²) in [6.07, 6.45) is 2.78. The van der Waals surface area contributed by atoms with Gasteiger partial charge in [0.25, 0.3) is 0 Å². The molecule has 5 nitrogen and oxygen atoms in total. The zero-order valence-corrected chi connectivity index (χ0v) is 17.6. The Morgan fingerprint density at radius 2 is 1.93 bits per heavy atom.